The van der Waals surface area contributed by atoms with Crippen LogP contribution in [0.2, 0.25) is 0 Å². The van der Waals surface area contributed by atoms with Crippen molar-refractivity contribution in [2.75, 3.05) is 7.05 Å². The van der Waals surface area contributed by atoms with Crippen molar-refractivity contribution in [2.24, 2.45) is 5.16 Å². The number of aliphatic hydroxyl groups is 1. The van der Waals surface area contributed by atoms with Gasteiger partial charge in [-0.25, -0.2) is 0 Å². The van der Waals surface area contributed by atoms with Crippen molar-refractivity contribution in [3.63, 3.8) is 0 Å². The fourth-order valence-electron chi connectivity index (χ4n) is 3.17. The number of nitrogens with one attached hydrogen (secondary N) is 1. The number of allylic oxidation sites excluding steroid dienone is 2. The molecule has 1 aliphatic rings. The van der Waals surface area contributed by atoms with Crippen molar-refractivity contribution in [3.8, 4) is 0 Å². The van der Waals surface area contributed by atoms with E-state index in [1.54, 1.807) is 25.4 Å². The van der Waals surface area contributed by atoms with Gasteiger partial charge in [0.05, 0.1) is 5.57 Å². The van der Waals surface area contributed by atoms with Gasteiger partial charge in [0.25, 0.3) is 5.91 Å². The van der Waals surface area contributed by atoms with E-state index in [9.17, 15) is 9.90 Å². The van der Waals surface area contributed by atoms with Crippen LogP contribution in [-0.2, 0) is 9.63 Å². The molecular formula is C24H28ClN3O3. The molecule has 2 aromatic carbocycles. The highest BCUT2D eigenvalue weighted by Crippen LogP contribution is 2.28. The third-order valence-electron chi connectivity index (χ3n) is 4.77. The number of hydrogen-bond donors (Lipinski definition) is 2. The van der Waals surface area contributed by atoms with Gasteiger partial charge in [-0.05, 0) is 37.1 Å². The lowest BCUT2D eigenvalue weighted by atomic mass is 9.98. The van der Waals surface area contributed by atoms with Crippen LogP contribution < -0.4 is 5.32 Å². The number of likely N-dealkylation sites (N-methyl/N-ethyl adjacent to an activating group) is 1. The molecule has 2 N–H and O–H groups in total. The minimum atomic E-state index is -1.73. The van der Waals surface area contributed by atoms with Crippen molar-refractivity contribution in [1.29, 1.82) is 0 Å². The van der Waals surface area contributed by atoms with Crippen LogP contribution in [0.15, 0.2) is 89.7 Å². The van der Waals surface area contributed by atoms with Gasteiger partial charge < -0.3 is 20.2 Å². The molecule has 1 aliphatic heterocycles. The van der Waals surface area contributed by atoms with E-state index in [0.29, 0.717) is 0 Å². The van der Waals surface area contributed by atoms with Crippen molar-refractivity contribution in [2.45, 2.75) is 31.7 Å². The minimum Gasteiger partial charge on any atom is -0.383 e. The van der Waals surface area contributed by atoms with Gasteiger partial charge in [0.1, 0.15) is 6.21 Å². The Morgan fingerprint density at radius 1 is 1.10 bits per heavy atom. The highest BCUT2D eigenvalue weighted by molar-refractivity contribution is 6.01. The summed E-state index contributed by atoms with van der Waals surface area (Å²) in [6.07, 6.45) is 5.75. The van der Waals surface area contributed by atoms with Gasteiger partial charge in [0.2, 0.25) is 5.72 Å². The van der Waals surface area contributed by atoms with Gasteiger partial charge >= 0.3 is 0 Å². The van der Waals surface area contributed by atoms with Gasteiger partial charge in [-0.1, -0.05) is 65.8 Å². The van der Waals surface area contributed by atoms with E-state index >= 15 is 0 Å². The molecule has 1 unspecified atom stereocenters. The van der Waals surface area contributed by atoms with Crippen molar-refractivity contribution in [3.05, 3.63) is 95.7 Å². The molecule has 2 aromatic rings. The Hall–Kier alpha value is -3.09. The zero-order chi connectivity index (χ0) is 21.6. The molecule has 0 aliphatic carbocycles. The normalized spacial score (nSPS) is 18.1. The lowest BCUT2D eigenvalue weighted by Gasteiger charge is -2.36. The number of hydrogen-bond acceptors (Lipinski definition) is 5. The molecule has 0 saturated carbocycles. The number of carbonyl (C=O) groups excluding carboxylic acids is 1. The number of oxime groups is 1. The third-order valence-corrected chi connectivity index (χ3v) is 4.77. The second-order valence-electron chi connectivity index (χ2n) is 7.43. The van der Waals surface area contributed by atoms with Crippen LogP contribution in [0.5, 0.6) is 0 Å². The number of carbonyl (C=O) groups is 1. The molecule has 3 rings (SSSR count). The van der Waals surface area contributed by atoms with E-state index in [2.05, 4.69) is 10.5 Å². The van der Waals surface area contributed by atoms with Crippen LogP contribution in [0.1, 0.15) is 31.1 Å². The van der Waals surface area contributed by atoms with Gasteiger partial charge in [-0.2, -0.15) is 0 Å². The van der Waals surface area contributed by atoms with Crippen LogP contribution in [0.4, 0.5) is 0 Å². The number of halogens is 1. The zero-order valence-corrected chi connectivity index (χ0v) is 18.6. The van der Waals surface area contributed by atoms with E-state index in [-0.39, 0.29) is 29.9 Å². The SMILES string of the molecule is CC(C)NC(=O)C1=CC=CN(C)C1(O)C=NOC(c1ccccc1)c1ccccc1.Cl. The Labute approximate surface area is 189 Å². The summed E-state index contributed by atoms with van der Waals surface area (Å²) in [6, 6.07) is 19.4. The number of amides is 1. The van der Waals surface area contributed by atoms with Gasteiger partial charge in [0, 0.05) is 19.3 Å². The summed E-state index contributed by atoms with van der Waals surface area (Å²) in [4.78, 5) is 20.0. The lowest BCUT2D eigenvalue weighted by Crippen LogP contribution is -2.52. The molecule has 6 nitrogen and oxygen atoms in total. The Morgan fingerprint density at radius 3 is 2.16 bits per heavy atom. The highest BCUT2D eigenvalue weighted by Gasteiger charge is 2.39. The fraction of sp³-hybridized carbons (Fsp3) is 0.250. The maximum absolute atomic E-state index is 12.6. The summed E-state index contributed by atoms with van der Waals surface area (Å²) in [6.45, 7) is 3.73. The van der Waals surface area contributed by atoms with Gasteiger partial charge in [-0.15, -0.1) is 12.4 Å². The summed E-state index contributed by atoms with van der Waals surface area (Å²) < 4.78 is 0. The number of nitrogens with zero attached hydrogens (tertiary/aromatic N) is 2. The summed E-state index contributed by atoms with van der Waals surface area (Å²) >= 11 is 0. The van der Waals surface area contributed by atoms with E-state index in [4.69, 9.17) is 4.84 Å². The van der Waals surface area contributed by atoms with E-state index in [1.807, 2.05) is 74.5 Å². The molecule has 0 spiro atoms. The molecule has 0 radical (unpaired) electrons. The Kier molecular flexibility index (Phi) is 8.42. The summed E-state index contributed by atoms with van der Waals surface area (Å²) in [5.74, 6) is -0.363. The van der Waals surface area contributed by atoms with Crippen molar-refractivity contribution >= 4 is 24.5 Å². The number of benzene rings is 2. The lowest BCUT2D eigenvalue weighted by molar-refractivity contribution is -0.121. The number of rotatable bonds is 7. The molecule has 0 bridgehead atoms. The van der Waals surface area contributed by atoms with Gasteiger partial charge in [0.15, 0.2) is 6.10 Å². The standard InChI is InChI=1S/C24H27N3O3.ClH/c1-18(2)26-23(28)21-15-10-16-27(3)24(21,29)17-25-30-22(19-11-6-4-7-12-19)20-13-8-5-9-14-20;/h4-18,22,29H,1-3H3,(H,26,28);1H. The second-order valence-corrected chi connectivity index (χ2v) is 7.43. The molecule has 1 heterocycles. The molecule has 164 valence electrons. The first-order chi connectivity index (χ1) is 14.4. The predicted octanol–water partition coefficient (Wildman–Crippen LogP) is 3.80. The molecule has 1 amide bonds. The molecule has 0 aromatic heterocycles. The Morgan fingerprint density at radius 2 is 1.65 bits per heavy atom. The van der Waals surface area contributed by atoms with E-state index in [0.717, 1.165) is 11.1 Å². The third kappa shape index (κ3) is 5.75. The quantitative estimate of drug-likeness (QED) is 0.506. The van der Waals surface area contributed by atoms with Gasteiger partial charge in [-0.3, -0.25) is 4.79 Å². The first-order valence-corrected chi connectivity index (χ1v) is 9.87. The topological polar surface area (TPSA) is 74.2 Å². The van der Waals surface area contributed by atoms with Crippen LogP contribution in [0.3, 0.4) is 0 Å². The molecule has 0 fully saturated rings. The van der Waals surface area contributed by atoms with E-state index in [1.165, 1.54) is 11.1 Å². The average Bonchev–Trinajstić information content (AvgIpc) is 2.74. The van der Waals surface area contributed by atoms with Crippen LogP contribution in [-0.4, -0.2) is 40.9 Å². The largest absolute Gasteiger partial charge is 0.383 e. The van der Waals surface area contributed by atoms with Crippen molar-refractivity contribution in [1.82, 2.24) is 10.2 Å². The Balaban J connectivity index is 0.00000341. The molecular weight excluding hydrogens is 414 g/mol. The monoisotopic (exact) mass is 441 g/mol. The minimum absolute atomic E-state index is 0. The maximum Gasteiger partial charge on any atom is 0.252 e. The highest BCUT2D eigenvalue weighted by atomic mass is 35.5. The molecule has 0 saturated heterocycles. The molecule has 7 heteroatoms. The smallest absolute Gasteiger partial charge is 0.252 e. The van der Waals surface area contributed by atoms with Crippen LogP contribution in [0.25, 0.3) is 0 Å². The Bertz CT molecular complexity index is 906. The fourth-order valence-corrected chi connectivity index (χ4v) is 3.17. The van der Waals surface area contributed by atoms with Crippen molar-refractivity contribution < 1.29 is 14.7 Å². The van der Waals surface area contributed by atoms with Crippen LogP contribution in [0, 0.1) is 0 Å². The molecule has 1 atom stereocenters. The average molecular weight is 442 g/mol. The maximum atomic E-state index is 12.6. The second kappa shape index (κ2) is 10.8. The first-order valence-electron chi connectivity index (χ1n) is 9.87. The molecule has 31 heavy (non-hydrogen) atoms. The zero-order valence-electron chi connectivity index (χ0n) is 17.8. The van der Waals surface area contributed by atoms with Crippen LogP contribution >= 0.6 is 12.4 Å². The predicted molar refractivity (Wildman–Crippen MR) is 125 cm³/mol. The summed E-state index contributed by atoms with van der Waals surface area (Å²) in [5, 5.41) is 18.2. The first kappa shape index (κ1) is 24.2. The van der Waals surface area contributed by atoms with E-state index < -0.39 is 11.8 Å². The summed E-state index contributed by atoms with van der Waals surface area (Å²) in [5.41, 5.74) is 0.298. The summed E-state index contributed by atoms with van der Waals surface area (Å²) in [7, 11) is 1.67.